The van der Waals surface area contributed by atoms with Gasteiger partial charge in [-0.25, -0.2) is 0 Å². The van der Waals surface area contributed by atoms with Crippen molar-refractivity contribution in [2.45, 2.75) is 37.8 Å². The van der Waals surface area contributed by atoms with Crippen LogP contribution >= 0.6 is 11.6 Å². The molecule has 2 atom stereocenters. The molecule has 108 valence electrons. The number of hydrogen-bond donors (Lipinski definition) is 1. The summed E-state index contributed by atoms with van der Waals surface area (Å²) >= 11 is 6.15. The van der Waals surface area contributed by atoms with Crippen LogP contribution in [0.25, 0.3) is 0 Å². The molecule has 1 aromatic rings. The average molecular weight is 296 g/mol. The van der Waals surface area contributed by atoms with Crippen LogP contribution in [0.5, 0.6) is 0 Å². The van der Waals surface area contributed by atoms with Crippen molar-refractivity contribution in [1.29, 1.82) is 0 Å². The van der Waals surface area contributed by atoms with Crippen LogP contribution in [0.3, 0.4) is 0 Å². The first-order valence-corrected chi connectivity index (χ1v) is 7.47. The molecule has 2 aliphatic rings. The normalized spacial score (nSPS) is 26.2. The second kappa shape index (κ2) is 5.58. The van der Waals surface area contributed by atoms with Crippen LogP contribution in [0.4, 0.5) is 11.4 Å². The Morgan fingerprint density at radius 2 is 2.15 bits per heavy atom. The lowest BCUT2D eigenvalue weighted by molar-refractivity contribution is -0.384. The Bertz CT molecular complexity index is 523. The number of non-ortho nitro benzene ring substituents is 1. The molecule has 2 aliphatic heterocycles. The van der Waals surface area contributed by atoms with Gasteiger partial charge in [0.2, 0.25) is 0 Å². The van der Waals surface area contributed by atoms with Crippen molar-refractivity contribution in [2.75, 3.05) is 18.4 Å². The minimum absolute atomic E-state index is 0.0336. The highest BCUT2D eigenvalue weighted by Crippen LogP contribution is 2.32. The second-order valence-electron chi connectivity index (χ2n) is 5.56. The highest BCUT2D eigenvalue weighted by atomic mass is 35.5. The molecular formula is C14H18ClN3O2. The largest absolute Gasteiger partial charge is 0.379 e. The highest BCUT2D eigenvalue weighted by Gasteiger charge is 2.35. The van der Waals surface area contributed by atoms with E-state index in [9.17, 15) is 10.1 Å². The van der Waals surface area contributed by atoms with E-state index in [1.54, 1.807) is 6.07 Å². The molecule has 1 aromatic carbocycles. The lowest BCUT2D eigenvalue weighted by Crippen LogP contribution is -2.41. The SMILES string of the molecule is O=[N+]([O-])c1ccc(NC2CCN3CCCCC23)c(Cl)c1. The van der Waals surface area contributed by atoms with Crippen molar-refractivity contribution in [2.24, 2.45) is 0 Å². The third-order valence-electron chi connectivity index (χ3n) is 4.36. The van der Waals surface area contributed by atoms with Crippen LogP contribution in [-0.2, 0) is 0 Å². The first-order chi connectivity index (χ1) is 9.65. The maximum atomic E-state index is 10.7. The van der Waals surface area contributed by atoms with Crippen molar-refractivity contribution in [1.82, 2.24) is 4.90 Å². The molecule has 0 spiro atoms. The van der Waals surface area contributed by atoms with Crippen LogP contribution in [0.15, 0.2) is 18.2 Å². The monoisotopic (exact) mass is 295 g/mol. The topological polar surface area (TPSA) is 58.4 Å². The first kappa shape index (κ1) is 13.6. The smallest absolute Gasteiger partial charge is 0.271 e. The Balaban J connectivity index is 1.73. The number of rotatable bonds is 3. The Morgan fingerprint density at radius 1 is 1.30 bits per heavy atom. The lowest BCUT2D eigenvalue weighted by atomic mass is 9.99. The molecule has 2 saturated heterocycles. The van der Waals surface area contributed by atoms with Crippen LogP contribution in [0.2, 0.25) is 5.02 Å². The summed E-state index contributed by atoms with van der Waals surface area (Å²) < 4.78 is 0. The summed E-state index contributed by atoms with van der Waals surface area (Å²) in [7, 11) is 0. The summed E-state index contributed by atoms with van der Waals surface area (Å²) in [6.45, 7) is 2.32. The molecule has 3 rings (SSSR count). The molecular weight excluding hydrogens is 278 g/mol. The van der Waals surface area contributed by atoms with E-state index in [2.05, 4.69) is 10.2 Å². The van der Waals surface area contributed by atoms with Gasteiger partial charge in [0.25, 0.3) is 5.69 Å². The molecule has 2 unspecified atom stereocenters. The van der Waals surface area contributed by atoms with Gasteiger partial charge >= 0.3 is 0 Å². The summed E-state index contributed by atoms with van der Waals surface area (Å²) in [4.78, 5) is 12.8. The lowest BCUT2D eigenvalue weighted by Gasteiger charge is -2.33. The minimum atomic E-state index is -0.423. The second-order valence-corrected chi connectivity index (χ2v) is 5.97. The van der Waals surface area contributed by atoms with E-state index >= 15 is 0 Å². The third kappa shape index (κ3) is 2.60. The van der Waals surface area contributed by atoms with Gasteiger partial charge in [-0.2, -0.15) is 0 Å². The Hall–Kier alpha value is -1.33. The van der Waals surface area contributed by atoms with Crippen molar-refractivity contribution >= 4 is 23.0 Å². The molecule has 6 heteroatoms. The fourth-order valence-corrected chi connectivity index (χ4v) is 3.58. The first-order valence-electron chi connectivity index (χ1n) is 7.09. The van der Waals surface area contributed by atoms with Crippen molar-refractivity contribution < 1.29 is 4.92 Å². The summed E-state index contributed by atoms with van der Waals surface area (Å²) in [5, 5.41) is 14.6. The number of nitrogens with one attached hydrogen (secondary N) is 1. The number of piperidine rings is 1. The van der Waals surface area contributed by atoms with Crippen molar-refractivity contribution in [3.8, 4) is 0 Å². The molecule has 0 aliphatic carbocycles. The molecule has 0 saturated carbocycles. The molecule has 0 aromatic heterocycles. The molecule has 2 heterocycles. The summed E-state index contributed by atoms with van der Waals surface area (Å²) in [6.07, 6.45) is 4.91. The molecule has 0 radical (unpaired) electrons. The van der Waals surface area contributed by atoms with E-state index in [4.69, 9.17) is 11.6 Å². The molecule has 2 fully saturated rings. The number of nitro groups is 1. The number of fused-ring (bicyclic) bond motifs is 1. The Morgan fingerprint density at radius 3 is 2.90 bits per heavy atom. The zero-order valence-corrected chi connectivity index (χ0v) is 12.0. The van der Waals surface area contributed by atoms with Crippen LogP contribution in [0, 0.1) is 10.1 Å². The van der Waals surface area contributed by atoms with Gasteiger partial charge < -0.3 is 5.32 Å². The van der Waals surface area contributed by atoms with E-state index in [1.165, 1.54) is 37.9 Å². The van der Waals surface area contributed by atoms with Gasteiger partial charge in [0, 0.05) is 30.8 Å². The highest BCUT2D eigenvalue weighted by molar-refractivity contribution is 6.33. The predicted octanol–water partition coefficient (Wildman–Crippen LogP) is 3.29. The maximum absolute atomic E-state index is 10.7. The van der Waals surface area contributed by atoms with Gasteiger partial charge in [-0.05, 0) is 31.9 Å². The summed E-state index contributed by atoms with van der Waals surface area (Å²) in [5.74, 6) is 0. The van der Waals surface area contributed by atoms with Gasteiger partial charge in [-0.15, -0.1) is 0 Å². The van der Waals surface area contributed by atoms with E-state index in [-0.39, 0.29) is 5.69 Å². The van der Waals surface area contributed by atoms with Gasteiger partial charge in [-0.3, -0.25) is 15.0 Å². The number of benzene rings is 1. The standard InChI is InChI=1S/C14H18ClN3O2/c15-11-9-10(18(19)20)4-5-12(11)16-13-6-8-17-7-2-1-3-14(13)17/h4-5,9,13-14,16H,1-3,6-8H2. The zero-order chi connectivity index (χ0) is 14.1. The number of anilines is 1. The third-order valence-corrected chi connectivity index (χ3v) is 4.67. The van der Waals surface area contributed by atoms with Crippen molar-refractivity contribution in [3.63, 3.8) is 0 Å². The van der Waals surface area contributed by atoms with E-state index in [1.807, 2.05) is 0 Å². The predicted molar refractivity (Wildman–Crippen MR) is 79.3 cm³/mol. The van der Waals surface area contributed by atoms with Gasteiger partial charge in [0.15, 0.2) is 0 Å². The number of halogens is 1. The zero-order valence-electron chi connectivity index (χ0n) is 11.2. The summed E-state index contributed by atoms with van der Waals surface area (Å²) in [6, 6.07) is 5.61. The molecule has 1 N–H and O–H groups in total. The fourth-order valence-electron chi connectivity index (χ4n) is 3.35. The van der Waals surface area contributed by atoms with E-state index in [0.717, 1.165) is 18.7 Å². The van der Waals surface area contributed by atoms with Crippen LogP contribution in [0.1, 0.15) is 25.7 Å². The minimum Gasteiger partial charge on any atom is -0.379 e. The maximum Gasteiger partial charge on any atom is 0.271 e. The Labute approximate surface area is 123 Å². The molecule has 0 amide bonds. The molecule has 5 nitrogen and oxygen atoms in total. The fraction of sp³-hybridized carbons (Fsp3) is 0.571. The van der Waals surface area contributed by atoms with Gasteiger partial charge in [-0.1, -0.05) is 18.0 Å². The van der Waals surface area contributed by atoms with Crippen molar-refractivity contribution in [3.05, 3.63) is 33.3 Å². The average Bonchev–Trinajstić information content (AvgIpc) is 2.84. The van der Waals surface area contributed by atoms with Gasteiger partial charge in [0.05, 0.1) is 15.6 Å². The number of nitrogens with zero attached hydrogens (tertiary/aromatic N) is 2. The summed E-state index contributed by atoms with van der Waals surface area (Å²) in [5.41, 5.74) is 0.834. The number of nitro benzene ring substituents is 1. The van der Waals surface area contributed by atoms with Gasteiger partial charge in [0.1, 0.15) is 0 Å². The van der Waals surface area contributed by atoms with Crippen LogP contribution in [-0.4, -0.2) is 35.0 Å². The van der Waals surface area contributed by atoms with E-state index in [0.29, 0.717) is 17.1 Å². The molecule has 0 bridgehead atoms. The van der Waals surface area contributed by atoms with E-state index < -0.39 is 4.92 Å². The quantitative estimate of drug-likeness (QED) is 0.687. The number of hydrogen-bond acceptors (Lipinski definition) is 4. The Kier molecular flexibility index (Phi) is 3.81. The molecule has 20 heavy (non-hydrogen) atoms. The van der Waals surface area contributed by atoms with Crippen LogP contribution < -0.4 is 5.32 Å².